The molecular formula is C29H24ClN5O. The van der Waals surface area contributed by atoms with E-state index in [1.165, 1.54) is 11.9 Å². The van der Waals surface area contributed by atoms with Gasteiger partial charge < -0.3 is 9.88 Å². The molecule has 0 spiro atoms. The van der Waals surface area contributed by atoms with Gasteiger partial charge in [0.15, 0.2) is 0 Å². The first-order chi connectivity index (χ1) is 17.5. The molecule has 0 aliphatic carbocycles. The standard InChI is InChI=1S/C29H24ClN5O/c1-19-7-10-26-25(13-19)33-27-11-12-29(17-35(26)27,22-5-3-2-4-6-22)34-28(36)23-9-8-20(14-24(23)30)21-15-31-18-32-16-21/h2-10,13-16,18H,11-12,17H2,1H3,(H,34,36)/t29-/m1/s1. The predicted molar refractivity (Wildman–Crippen MR) is 141 cm³/mol. The Labute approximate surface area is 214 Å². The summed E-state index contributed by atoms with van der Waals surface area (Å²) in [6.45, 7) is 2.67. The summed E-state index contributed by atoms with van der Waals surface area (Å²) in [5.41, 5.74) is 5.85. The van der Waals surface area contributed by atoms with Crippen molar-refractivity contribution in [1.29, 1.82) is 0 Å². The van der Waals surface area contributed by atoms with Gasteiger partial charge in [-0.25, -0.2) is 15.0 Å². The van der Waals surface area contributed by atoms with Crippen LogP contribution in [0.15, 0.2) is 85.5 Å². The van der Waals surface area contributed by atoms with Crippen molar-refractivity contribution in [3.05, 3.63) is 113 Å². The van der Waals surface area contributed by atoms with Gasteiger partial charge in [0.25, 0.3) is 5.91 Å². The fourth-order valence-electron chi connectivity index (χ4n) is 5.11. The van der Waals surface area contributed by atoms with E-state index in [-0.39, 0.29) is 5.91 Å². The lowest BCUT2D eigenvalue weighted by atomic mass is 9.82. The van der Waals surface area contributed by atoms with Crippen LogP contribution in [0.5, 0.6) is 0 Å². The zero-order valence-electron chi connectivity index (χ0n) is 19.8. The number of rotatable bonds is 4. The van der Waals surface area contributed by atoms with E-state index in [9.17, 15) is 4.79 Å². The van der Waals surface area contributed by atoms with Crippen molar-refractivity contribution < 1.29 is 4.79 Å². The van der Waals surface area contributed by atoms with Gasteiger partial charge in [0, 0.05) is 24.4 Å². The molecule has 3 aromatic carbocycles. The number of fused-ring (bicyclic) bond motifs is 3. The highest BCUT2D eigenvalue weighted by molar-refractivity contribution is 6.34. The van der Waals surface area contributed by atoms with E-state index in [0.717, 1.165) is 46.4 Å². The molecule has 0 radical (unpaired) electrons. The number of aromatic nitrogens is 4. The average molecular weight is 494 g/mol. The highest BCUT2D eigenvalue weighted by Crippen LogP contribution is 2.36. The van der Waals surface area contributed by atoms with Crippen LogP contribution >= 0.6 is 11.6 Å². The van der Waals surface area contributed by atoms with Crippen LogP contribution in [0.25, 0.3) is 22.2 Å². The van der Waals surface area contributed by atoms with Crippen LogP contribution in [-0.4, -0.2) is 25.4 Å². The van der Waals surface area contributed by atoms with Crippen molar-refractivity contribution in [3.63, 3.8) is 0 Å². The third-order valence-electron chi connectivity index (χ3n) is 6.97. The number of hydrogen-bond acceptors (Lipinski definition) is 4. The fraction of sp³-hybridized carbons (Fsp3) is 0.172. The molecule has 0 bridgehead atoms. The summed E-state index contributed by atoms with van der Waals surface area (Å²) in [7, 11) is 0. The summed E-state index contributed by atoms with van der Waals surface area (Å²) < 4.78 is 2.24. The summed E-state index contributed by atoms with van der Waals surface area (Å²) in [6, 6.07) is 21.9. The molecule has 6 rings (SSSR count). The zero-order chi connectivity index (χ0) is 24.7. The van der Waals surface area contributed by atoms with Crippen molar-refractivity contribution in [3.8, 4) is 11.1 Å². The summed E-state index contributed by atoms with van der Waals surface area (Å²) in [6.07, 6.45) is 6.42. The van der Waals surface area contributed by atoms with E-state index in [0.29, 0.717) is 17.1 Å². The van der Waals surface area contributed by atoms with Crippen LogP contribution in [0.4, 0.5) is 0 Å². The Morgan fingerprint density at radius 2 is 1.81 bits per heavy atom. The van der Waals surface area contributed by atoms with Gasteiger partial charge in [-0.05, 0) is 54.3 Å². The van der Waals surface area contributed by atoms with Crippen molar-refractivity contribution in [1.82, 2.24) is 24.8 Å². The minimum atomic E-state index is -0.598. The van der Waals surface area contributed by atoms with Crippen LogP contribution in [0, 0.1) is 6.92 Å². The van der Waals surface area contributed by atoms with Gasteiger partial charge >= 0.3 is 0 Å². The molecule has 2 aromatic heterocycles. The summed E-state index contributed by atoms with van der Waals surface area (Å²) >= 11 is 6.62. The molecule has 0 fully saturated rings. The smallest absolute Gasteiger partial charge is 0.253 e. The predicted octanol–water partition coefficient (Wildman–Crippen LogP) is 5.73. The first kappa shape index (κ1) is 22.4. The number of carbonyl (C=O) groups is 1. The lowest BCUT2D eigenvalue weighted by molar-refractivity contribution is 0.0867. The monoisotopic (exact) mass is 493 g/mol. The molecule has 0 saturated carbocycles. The van der Waals surface area contributed by atoms with Crippen molar-refractivity contribution in [2.75, 3.05) is 0 Å². The second-order valence-electron chi connectivity index (χ2n) is 9.33. The van der Waals surface area contributed by atoms with Crippen molar-refractivity contribution >= 4 is 28.5 Å². The quantitative estimate of drug-likeness (QED) is 0.347. The van der Waals surface area contributed by atoms with Gasteiger partial charge in [0.2, 0.25) is 0 Å². The van der Waals surface area contributed by atoms with E-state index in [4.69, 9.17) is 16.6 Å². The Balaban J connectivity index is 1.37. The van der Waals surface area contributed by atoms with E-state index in [1.807, 2.05) is 24.3 Å². The number of imidazole rings is 1. The number of benzene rings is 3. The lowest BCUT2D eigenvalue weighted by Gasteiger charge is -2.39. The molecule has 1 aliphatic rings. The molecule has 1 atom stereocenters. The molecule has 1 N–H and O–H groups in total. The fourth-order valence-corrected chi connectivity index (χ4v) is 5.38. The van der Waals surface area contributed by atoms with E-state index in [2.05, 4.69) is 57.1 Å². The molecule has 1 amide bonds. The van der Waals surface area contributed by atoms with Gasteiger partial charge in [0.1, 0.15) is 12.2 Å². The second-order valence-corrected chi connectivity index (χ2v) is 9.74. The molecule has 7 heteroatoms. The summed E-state index contributed by atoms with van der Waals surface area (Å²) in [5, 5.41) is 3.76. The molecule has 5 aromatic rings. The Hall–Kier alpha value is -4.03. The van der Waals surface area contributed by atoms with Crippen molar-refractivity contribution in [2.45, 2.75) is 31.8 Å². The molecule has 1 aliphatic heterocycles. The van der Waals surface area contributed by atoms with Crippen LogP contribution in [-0.2, 0) is 18.5 Å². The maximum absolute atomic E-state index is 13.7. The topological polar surface area (TPSA) is 72.7 Å². The first-order valence-corrected chi connectivity index (χ1v) is 12.3. The Bertz CT molecular complexity index is 1580. The van der Waals surface area contributed by atoms with Crippen LogP contribution in [0.3, 0.4) is 0 Å². The number of aryl methyl sites for hydroxylation is 2. The van der Waals surface area contributed by atoms with Crippen LogP contribution in [0.2, 0.25) is 5.02 Å². The molecular weight excluding hydrogens is 470 g/mol. The van der Waals surface area contributed by atoms with Crippen LogP contribution < -0.4 is 5.32 Å². The number of hydrogen-bond donors (Lipinski definition) is 1. The minimum Gasteiger partial charge on any atom is -0.341 e. The Kier molecular flexibility index (Phi) is 5.53. The molecule has 178 valence electrons. The normalized spacial score (nSPS) is 17.1. The highest BCUT2D eigenvalue weighted by atomic mass is 35.5. The van der Waals surface area contributed by atoms with Crippen molar-refractivity contribution in [2.24, 2.45) is 0 Å². The SMILES string of the molecule is Cc1ccc2c(c1)nc1n2C[C@@](NC(=O)c2ccc(-c3cncnc3)cc2Cl)(c2ccccc2)CC1. The minimum absolute atomic E-state index is 0.205. The maximum Gasteiger partial charge on any atom is 0.253 e. The molecule has 0 unspecified atom stereocenters. The number of nitrogens with zero attached hydrogens (tertiary/aromatic N) is 4. The summed E-state index contributed by atoms with van der Waals surface area (Å²) in [5.74, 6) is 0.840. The Morgan fingerprint density at radius 3 is 2.58 bits per heavy atom. The van der Waals surface area contributed by atoms with E-state index in [1.54, 1.807) is 24.5 Å². The van der Waals surface area contributed by atoms with E-state index >= 15 is 0 Å². The third-order valence-corrected chi connectivity index (χ3v) is 7.29. The number of halogens is 1. The molecule has 0 saturated heterocycles. The molecule has 3 heterocycles. The second kappa shape index (κ2) is 8.88. The lowest BCUT2D eigenvalue weighted by Crippen LogP contribution is -2.51. The number of carbonyl (C=O) groups excluding carboxylic acids is 1. The number of nitrogens with one attached hydrogen (secondary N) is 1. The summed E-state index contributed by atoms with van der Waals surface area (Å²) in [4.78, 5) is 26.7. The third kappa shape index (κ3) is 3.93. The molecule has 36 heavy (non-hydrogen) atoms. The van der Waals surface area contributed by atoms with Crippen LogP contribution in [0.1, 0.15) is 33.7 Å². The van der Waals surface area contributed by atoms with Gasteiger partial charge in [-0.15, -0.1) is 0 Å². The molecule has 6 nitrogen and oxygen atoms in total. The average Bonchev–Trinajstić information content (AvgIpc) is 3.26. The van der Waals surface area contributed by atoms with Gasteiger partial charge in [0.05, 0.1) is 33.7 Å². The Morgan fingerprint density at radius 1 is 1.00 bits per heavy atom. The van der Waals surface area contributed by atoms with Gasteiger partial charge in [-0.2, -0.15) is 0 Å². The van der Waals surface area contributed by atoms with E-state index < -0.39 is 5.54 Å². The first-order valence-electron chi connectivity index (χ1n) is 11.9. The largest absolute Gasteiger partial charge is 0.341 e. The maximum atomic E-state index is 13.7. The van der Waals surface area contributed by atoms with Gasteiger partial charge in [-0.1, -0.05) is 54.1 Å². The highest BCUT2D eigenvalue weighted by Gasteiger charge is 2.39. The number of amides is 1. The zero-order valence-corrected chi connectivity index (χ0v) is 20.5. The van der Waals surface area contributed by atoms with Gasteiger partial charge in [-0.3, -0.25) is 4.79 Å².